The minimum atomic E-state index is 0.145. The van der Waals surface area contributed by atoms with Gasteiger partial charge in [-0.2, -0.15) is 0 Å². The summed E-state index contributed by atoms with van der Waals surface area (Å²) in [7, 11) is 0. The summed E-state index contributed by atoms with van der Waals surface area (Å²) in [5.41, 5.74) is 0.145. The number of pyridine rings is 1. The van der Waals surface area contributed by atoms with Crippen LogP contribution in [0.5, 0.6) is 0 Å². The second kappa shape index (κ2) is 3.99. The summed E-state index contributed by atoms with van der Waals surface area (Å²) in [6.45, 7) is 2.30. The van der Waals surface area contributed by atoms with Crippen molar-refractivity contribution in [1.29, 1.82) is 0 Å². The Balaban J connectivity index is 2.16. The zero-order valence-corrected chi connectivity index (χ0v) is 8.65. The van der Waals surface area contributed by atoms with Crippen LogP contribution in [0.1, 0.15) is 38.6 Å². The lowest BCUT2D eigenvalue weighted by atomic mass is 9.87. The Morgan fingerprint density at radius 2 is 1.93 bits per heavy atom. The lowest BCUT2D eigenvalue weighted by Gasteiger charge is -2.27. The van der Waals surface area contributed by atoms with E-state index in [1.54, 1.807) is 6.07 Å². The van der Waals surface area contributed by atoms with E-state index in [2.05, 4.69) is 6.92 Å². The summed E-state index contributed by atoms with van der Waals surface area (Å²) < 4.78 is 1.89. The summed E-state index contributed by atoms with van der Waals surface area (Å²) in [6, 6.07) is 5.85. The molecular formula is C12H17NO. The molecule has 0 aliphatic heterocycles. The summed E-state index contributed by atoms with van der Waals surface area (Å²) in [4.78, 5) is 11.6. The van der Waals surface area contributed by atoms with Crippen molar-refractivity contribution in [1.82, 2.24) is 4.57 Å². The third kappa shape index (κ3) is 1.89. The topological polar surface area (TPSA) is 22.0 Å². The van der Waals surface area contributed by atoms with E-state index in [9.17, 15) is 4.79 Å². The lowest BCUT2D eigenvalue weighted by Crippen LogP contribution is -2.26. The fourth-order valence-corrected chi connectivity index (χ4v) is 2.26. The highest BCUT2D eigenvalue weighted by molar-refractivity contribution is 4.95. The zero-order valence-electron chi connectivity index (χ0n) is 8.65. The molecular weight excluding hydrogens is 174 g/mol. The van der Waals surface area contributed by atoms with Gasteiger partial charge in [-0.05, 0) is 37.7 Å². The molecule has 1 aromatic heterocycles. The van der Waals surface area contributed by atoms with Gasteiger partial charge in [-0.3, -0.25) is 4.79 Å². The predicted molar refractivity (Wildman–Crippen MR) is 57.4 cm³/mol. The van der Waals surface area contributed by atoms with Gasteiger partial charge in [-0.25, -0.2) is 0 Å². The Kier molecular flexibility index (Phi) is 2.71. The Bertz CT molecular complexity index is 347. The van der Waals surface area contributed by atoms with Crippen molar-refractivity contribution in [2.75, 3.05) is 0 Å². The molecule has 0 N–H and O–H groups in total. The minimum absolute atomic E-state index is 0.145. The van der Waals surface area contributed by atoms with Crippen molar-refractivity contribution < 1.29 is 0 Å². The van der Waals surface area contributed by atoms with E-state index >= 15 is 0 Å². The largest absolute Gasteiger partial charge is 0.312 e. The molecule has 1 aliphatic rings. The quantitative estimate of drug-likeness (QED) is 0.668. The van der Waals surface area contributed by atoms with Crippen molar-refractivity contribution in [2.45, 2.75) is 38.6 Å². The Morgan fingerprint density at radius 3 is 2.57 bits per heavy atom. The smallest absolute Gasteiger partial charge is 0.250 e. The molecule has 2 heteroatoms. The molecule has 2 rings (SSSR count). The highest BCUT2D eigenvalue weighted by atomic mass is 16.1. The van der Waals surface area contributed by atoms with Crippen LogP contribution in [0.4, 0.5) is 0 Å². The molecule has 0 aromatic carbocycles. The van der Waals surface area contributed by atoms with E-state index in [0.29, 0.717) is 6.04 Å². The van der Waals surface area contributed by atoms with Crippen LogP contribution in [0.3, 0.4) is 0 Å². The average molecular weight is 191 g/mol. The summed E-state index contributed by atoms with van der Waals surface area (Å²) in [5.74, 6) is 0.839. The van der Waals surface area contributed by atoms with Gasteiger partial charge < -0.3 is 4.57 Å². The standard InChI is InChI=1S/C12H17NO/c1-10-5-7-11(8-6-10)13-9-3-2-4-12(13)14/h2-4,9-11H,5-8H2,1H3. The SMILES string of the molecule is CC1CCC(n2ccccc2=O)CC1. The first-order chi connectivity index (χ1) is 6.77. The van der Waals surface area contributed by atoms with Crippen molar-refractivity contribution in [3.05, 3.63) is 34.7 Å². The van der Waals surface area contributed by atoms with Gasteiger partial charge in [0.2, 0.25) is 0 Å². The number of aromatic nitrogens is 1. The Hall–Kier alpha value is -1.05. The monoisotopic (exact) mass is 191 g/mol. The van der Waals surface area contributed by atoms with Gasteiger partial charge in [0.1, 0.15) is 0 Å². The van der Waals surface area contributed by atoms with Crippen LogP contribution >= 0.6 is 0 Å². The summed E-state index contributed by atoms with van der Waals surface area (Å²) >= 11 is 0. The minimum Gasteiger partial charge on any atom is -0.312 e. The number of nitrogens with zero attached hydrogens (tertiary/aromatic N) is 1. The fraction of sp³-hybridized carbons (Fsp3) is 0.583. The van der Waals surface area contributed by atoms with E-state index in [1.165, 1.54) is 12.8 Å². The first-order valence-electron chi connectivity index (χ1n) is 5.44. The van der Waals surface area contributed by atoms with Crippen LogP contribution in [0.25, 0.3) is 0 Å². The molecule has 0 atom stereocenters. The maximum Gasteiger partial charge on any atom is 0.250 e. The molecule has 0 spiro atoms. The van der Waals surface area contributed by atoms with Gasteiger partial charge in [0, 0.05) is 18.3 Å². The molecule has 0 radical (unpaired) electrons. The van der Waals surface area contributed by atoms with Crippen LogP contribution in [-0.2, 0) is 0 Å². The molecule has 1 aromatic rings. The van der Waals surface area contributed by atoms with Crippen LogP contribution in [0, 0.1) is 5.92 Å². The highest BCUT2D eigenvalue weighted by Gasteiger charge is 2.19. The molecule has 2 nitrogen and oxygen atoms in total. The van der Waals surface area contributed by atoms with E-state index in [1.807, 2.05) is 22.9 Å². The number of hydrogen-bond donors (Lipinski definition) is 0. The van der Waals surface area contributed by atoms with Gasteiger partial charge in [0.05, 0.1) is 0 Å². The Labute approximate surface area is 84.6 Å². The molecule has 1 fully saturated rings. The van der Waals surface area contributed by atoms with Gasteiger partial charge in [-0.15, -0.1) is 0 Å². The normalized spacial score (nSPS) is 27.5. The van der Waals surface area contributed by atoms with Gasteiger partial charge in [0.15, 0.2) is 0 Å². The summed E-state index contributed by atoms with van der Waals surface area (Å²) in [6.07, 6.45) is 6.75. The highest BCUT2D eigenvalue weighted by Crippen LogP contribution is 2.30. The van der Waals surface area contributed by atoms with Crippen LogP contribution < -0.4 is 5.56 Å². The molecule has 0 bridgehead atoms. The second-order valence-electron chi connectivity index (χ2n) is 4.36. The Morgan fingerprint density at radius 1 is 1.21 bits per heavy atom. The number of hydrogen-bond acceptors (Lipinski definition) is 1. The lowest BCUT2D eigenvalue weighted by molar-refractivity contribution is 0.285. The molecule has 0 amide bonds. The van der Waals surface area contributed by atoms with Crippen molar-refractivity contribution in [3.8, 4) is 0 Å². The zero-order chi connectivity index (χ0) is 9.97. The molecule has 1 saturated carbocycles. The third-order valence-corrected chi connectivity index (χ3v) is 3.23. The second-order valence-corrected chi connectivity index (χ2v) is 4.36. The van der Waals surface area contributed by atoms with Gasteiger partial charge in [0.25, 0.3) is 5.56 Å². The van der Waals surface area contributed by atoms with Crippen molar-refractivity contribution >= 4 is 0 Å². The molecule has 0 saturated heterocycles. The maximum atomic E-state index is 11.6. The molecule has 1 aliphatic carbocycles. The molecule has 0 unspecified atom stereocenters. The van der Waals surface area contributed by atoms with Crippen LogP contribution in [0.2, 0.25) is 0 Å². The third-order valence-electron chi connectivity index (χ3n) is 3.23. The van der Waals surface area contributed by atoms with E-state index < -0.39 is 0 Å². The average Bonchev–Trinajstić information content (AvgIpc) is 2.20. The fourth-order valence-electron chi connectivity index (χ4n) is 2.26. The summed E-state index contributed by atoms with van der Waals surface area (Å²) in [5, 5.41) is 0. The van der Waals surface area contributed by atoms with E-state index in [4.69, 9.17) is 0 Å². The van der Waals surface area contributed by atoms with Crippen LogP contribution in [-0.4, -0.2) is 4.57 Å². The molecule has 76 valence electrons. The molecule has 14 heavy (non-hydrogen) atoms. The predicted octanol–water partition coefficient (Wildman–Crippen LogP) is 2.60. The molecule has 1 heterocycles. The van der Waals surface area contributed by atoms with Crippen molar-refractivity contribution in [3.63, 3.8) is 0 Å². The maximum absolute atomic E-state index is 11.6. The first-order valence-corrected chi connectivity index (χ1v) is 5.44. The van der Waals surface area contributed by atoms with E-state index in [-0.39, 0.29) is 5.56 Å². The van der Waals surface area contributed by atoms with E-state index in [0.717, 1.165) is 18.8 Å². The van der Waals surface area contributed by atoms with Gasteiger partial charge >= 0.3 is 0 Å². The van der Waals surface area contributed by atoms with Crippen LogP contribution in [0.15, 0.2) is 29.2 Å². The first kappa shape index (κ1) is 9.50. The number of rotatable bonds is 1. The van der Waals surface area contributed by atoms with Crippen molar-refractivity contribution in [2.24, 2.45) is 5.92 Å². The van der Waals surface area contributed by atoms with Gasteiger partial charge in [-0.1, -0.05) is 13.0 Å².